The Morgan fingerprint density at radius 2 is 1.47 bits per heavy atom. The van der Waals surface area contributed by atoms with E-state index in [1.165, 1.54) is 24.3 Å². The van der Waals surface area contributed by atoms with E-state index in [1.807, 2.05) is 48.5 Å². The van der Waals surface area contributed by atoms with E-state index in [1.54, 1.807) is 6.26 Å². The van der Waals surface area contributed by atoms with E-state index in [0.717, 1.165) is 27.8 Å². The van der Waals surface area contributed by atoms with Crippen molar-refractivity contribution in [2.75, 3.05) is 19.1 Å². The summed E-state index contributed by atoms with van der Waals surface area (Å²) in [6, 6.07) is 20.6. The number of carbonyl (C=O) groups excluding carboxylic acids is 1. The minimum Gasteiger partial charge on any atom is -0.394 e. The normalized spacial score (nSPS) is 13.3. The van der Waals surface area contributed by atoms with E-state index >= 15 is 0 Å². The van der Waals surface area contributed by atoms with Gasteiger partial charge in [-0.2, -0.15) is 0 Å². The van der Waals surface area contributed by atoms with Crippen LogP contribution < -0.4 is 5.32 Å². The number of hydrogen-bond donors (Lipinski definition) is 2. The number of sulfone groups is 1. The van der Waals surface area contributed by atoms with Crippen LogP contribution in [0.4, 0.5) is 0 Å². The zero-order valence-corrected chi connectivity index (χ0v) is 19.4. The van der Waals surface area contributed by atoms with Crippen LogP contribution in [0.1, 0.15) is 15.9 Å². The highest BCUT2D eigenvalue weighted by molar-refractivity contribution is 7.90. The van der Waals surface area contributed by atoms with Gasteiger partial charge in [-0.1, -0.05) is 36.4 Å². The van der Waals surface area contributed by atoms with Gasteiger partial charge in [-0.3, -0.25) is 9.00 Å². The molecule has 2 unspecified atom stereocenters. The maximum absolute atomic E-state index is 12.5. The molecule has 0 radical (unpaired) electrons. The van der Waals surface area contributed by atoms with E-state index in [-0.39, 0.29) is 17.4 Å². The molecule has 8 heteroatoms. The number of nitrogens with one attached hydrogen (secondary N) is 1. The minimum atomic E-state index is -3.33. The molecule has 0 bridgehead atoms. The molecule has 0 aliphatic heterocycles. The van der Waals surface area contributed by atoms with Crippen molar-refractivity contribution in [2.45, 2.75) is 22.3 Å². The maximum atomic E-state index is 12.5. The smallest absolute Gasteiger partial charge is 0.251 e. The summed E-state index contributed by atoms with van der Waals surface area (Å²) < 4.78 is 34.6. The van der Waals surface area contributed by atoms with Crippen molar-refractivity contribution in [3.05, 3.63) is 83.9 Å². The Morgan fingerprint density at radius 1 is 0.938 bits per heavy atom. The molecule has 0 fully saturated rings. The van der Waals surface area contributed by atoms with Crippen LogP contribution in [0.3, 0.4) is 0 Å². The molecule has 2 atom stereocenters. The Hall–Kier alpha value is -2.81. The summed E-state index contributed by atoms with van der Waals surface area (Å²) in [4.78, 5) is 13.4. The SMILES string of the molecule is CS(=O)c1ccc(-c2ccc(CC(CO)NC(=O)c3ccc(S(C)(=O)=O)cc3)cc2)cc1. The lowest BCUT2D eigenvalue weighted by Crippen LogP contribution is -2.39. The van der Waals surface area contributed by atoms with Crippen LogP contribution >= 0.6 is 0 Å². The third-order valence-corrected chi connectivity index (χ3v) is 7.12. The first-order valence-electron chi connectivity index (χ1n) is 9.92. The van der Waals surface area contributed by atoms with Crippen LogP contribution in [0.25, 0.3) is 11.1 Å². The van der Waals surface area contributed by atoms with Gasteiger partial charge in [-0.25, -0.2) is 8.42 Å². The molecular weight excluding hydrogens is 446 g/mol. The van der Waals surface area contributed by atoms with Crippen molar-refractivity contribution < 1.29 is 22.5 Å². The molecule has 1 amide bonds. The Balaban J connectivity index is 1.65. The lowest BCUT2D eigenvalue weighted by Gasteiger charge is -2.17. The largest absolute Gasteiger partial charge is 0.394 e. The maximum Gasteiger partial charge on any atom is 0.251 e. The van der Waals surface area contributed by atoms with Crippen molar-refractivity contribution in [3.8, 4) is 11.1 Å². The van der Waals surface area contributed by atoms with Gasteiger partial charge in [0.25, 0.3) is 5.91 Å². The van der Waals surface area contributed by atoms with Gasteiger partial charge in [0.05, 0.1) is 17.5 Å². The van der Waals surface area contributed by atoms with Crippen molar-refractivity contribution in [1.82, 2.24) is 5.32 Å². The summed E-state index contributed by atoms with van der Waals surface area (Å²) in [6.07, 6.45) is 3.19. The molecule has 0 aliphatic carbocycles. The highest BCUT2D eigenvalue weighted by Gasteiger charge is 2.15. The van der Waals surface area contributed by atoms with E-state index in [2.05, 4.69) is 5.32 Å². The van der Waals surface area contributed by atoms with Gasteiger partial charge in [0.15, 0.2) is 9.84 Å². The lowest BCUT2D eigenvalue weighted by atomic mass is 10.0. The predicted molar refractivity (Wildman–Crippen MR) is 126 cm³/mol. The molecule has 0 heterocycles. The number of aliphatic hydroxyl groups is 1. The van der Waals surface area contributed by atoms with Crippen molar-refractivity contribution in [1.29, 1.82) is 0 Å². The highest BCUT2D eigenvalue weighted by atomic mass is 32.2. The second kappa shape index (κ2) is 10.2. The first kappa shape index (κ1) is 23.8. The molecule has 2 N–H and O–H groups in total. The van der Waals surface area contributed by atoms with Gasteiger partial charge in [0.2, 0.25) is 0 Å². The number of carbonyl (C=O) groups is 1. The van der Waals surface area contributed by atoms with Crippen molar-refractivity contribution >= 4 is 26.5 Å². The van der Waals surface area contributed by atoms with Crippen LogP contribution in [-0.4, -0.2) is 48.8 Å². The average Bonchev–Trinajstić information content (AvgIpc) is 2.78. The molecule has 0 spiro atoms. The van der Waals surface area contributed by atoms with Gasteiger partial charge in [-0.15, -0.1) is 0 Å². The number of benzene rings is 3. The van der Waals surface area contributed by atoms with E-state index in [9.17, 15) is 22.5 Å². The van der Waals surface area contributed by atoms with Crippen LogP contribution in [0.5, 0.6) is 0 Å². The first-order chi connectivity index (χ1) is 15.2. The summed E-state index contributed by atoms with van der Waals surface area (Å²) in [6.45, 7) is -0.232. The second-order valence-corrected chi connectivity index (χ2v) is 10.9. The zero-order chi connectivity index (χ0) is 23.3. The number of amides is 1. The van der Waals surface area contributed by atoms with Gasteiger partial charge in [0.1, 0.15) is 0 Å². The van der Waals surface area contributed by atoms with E-state index < -0.39 is 26.7 Å². The molecule has 0 saturated heterocycles. The molecule has 32 heavy (non-hydrogen) atoms. The fourth-order valence-electron chi connectivity index (χ4n) is 3.24. The highest BCUT2D eigenvalue weighted by Crippen LogP contribution is 2.22. The fourth-order valence-corrected chi connectivity index (χ4v) is 4.39. The van der Waals surface area contributed by atoms with Gasteiger partial charge < -0.3 is 10.4 Å². The summed E-state index contributed by atoms with van der Waals surface area (Å²) >= 11 is 0. The van der Waals surface area contributed by atoms with Crippen molar-refractivity contribution in [3.63, 3.8) is 0 Å². The van der Waals surface area contributed by atoms with Gasteiger partial charge in [-0.05, 0) is 59.5 Å². The minimum absolute atomic E-state index is 0.144. The molecule has 3 aromatic rings. The standard InChI is InChI=1S/C24H25NO5S2/c1-31(28)22-11-7-19(8-12-22)18-5-3-17(4-6-18)15-21(16-26)25-24(27)20-9-13-23(14-10-20)32(2,29)30/h3-14,21,26H,15-16H2,1-2H3,(H,25,27). The lowest BCUT2D eigenvalue weighted by molar-refractivity contribution is 0.0916. The number of aliphatic hydroxyl groups excluding tert-OH is 1. The first-order valence-corrected chi connectivity index (χ1v) is 13.4. The Labute approximate surface area is 190 Å². The molecule has 3 aromatic carbocycles. The molecule has 168 valence electrons. The fraction of sp³-hybridized carbons (Fsp3) is 0.208. The van der Waals surface area contributed by atoms with E-state index in [4.69, 9.17) is 0 Å². The van der Waals surface area contributed by atoms with Gasteiger partial charge in [0, 0.05) is 33.8 Å². The van der Waals surface area contributed by atoms with E-state index in [0.29, 0.717) is 12.0 Å². The molecular formula is C24H25NO5S2. The molecule has 0 saturated carbocycles. The zero-order valence-electron chi connectivity index (χ0n) is 17.8. The summed E-state index contributed by atoms with van der Waals surface area (Å²) in [5, 5.41) is 12.5. The third-order valence-electron chi connectivity index (χ3n) is 5.06. The van der Waals surface area contributed by atoms with Crippen molar-refractivity contribution in [2.24, 2.45) is 0 Å². The Morgan fingerprint density at radius 3 is 1.94 bits per heavy atom. The summed E-state index contributed by atoms with van der Waals surface area (Å²) in [5.41, 5.74) is 3.29. The quantitative estimate of drug-likeness (QED) is 0.526. The Kier molecular flexibility index (Phi) is 7.60. The third kappa shape index (κ3) is 6.12. The number of hydrogen-bond acceptors (Lipinski definition) is 5. The monoisotopic (exact) mass is 471 g/mol. The van der Waals surface area contributed by atoms with Crippen LogP contribution in [0.15, 0.2) is 82.6 Å². The van der Waals surface area contributed by atoms with Crippen LogP contribution in [0, 0.1) is 0 Å². The molecule has 0 aromatic heterocycles. The summed E-state index contributed by atoms with van der Waals surface area (Å²) in [5.74, 6) is -0.380. The molecule has 3 rings (SSSR count). The second-order valence-electron chi connectivity index (χ2n) is 7.53. The number of rotatable bonds is 8. The molecule has 0 aliphatic rings. The molecule has 6 nitrogen and oxygen atoms in total. The van der Waals surface area contributed by atoms with Gasteiger partial charge >= 0.3 is 0 Å². The topological polar surface area (TPSA) is 101 Å². The van der Waals surface area contributed by atoms with Crippen LogP contribution in [0.2, 0.25) is 0 Å². The average molecular weight is 472 g/mol. The van der Waals surface area contributed by atoms with Crippen LogP contribution in [-0.2, 0) is 27.1 Å². The summed E-state index contributed by atoms with van der Waals surface area (Å²) in [7, 11) is -4.34. The predicted octanol–water partition coefficient (Wildman–Crippen LogP) is 2.83. The Bertz CT molecular complexity index is 1200.